The maximum absolute atomic E-state index is 12.5. The lowest BCUT2D eigenvalue weighted by Crippen LogP contribution is -2.49. The molecule has 1 aliphatic heterocycles. The maximum atomic E-state index is 12.5. The molecule has 0 radical (unpaired) electrons. The number of amides is 2. The predicted octanol–water partition coefficient (Wildman–Crippen LogP) is 1.78. The number of aliphatic carboxylic acids is 1. The zero-order valence-electron chi connectivity index (χ0n) is 13.1. The second-order valence-corrected chi connectivity index (χ2v) is 6.01. The summed E-state index contributed by atoms with van der Waals surface area (Å²) in [5.74, 6) is -0.335. The second-order valence-electron chi connectivity index (χ2n) is 6.01. The Hall–Kier alpha value is -1.30. The van der Waals surface area contributed by atoms with E-state index >= 15 is 0 Å². The number of carbonyl (C=O) groups is 2. The molecule has 1 saturated heterocycles. The number of rotatable bonds is 7. The quantitative estimate of drug-likeness (QED) is 0.751. The molecule has 2 N–H and O–H groups in total. The third-order valence-corrected chi connectivity index (χ3v) is 4.08. The SMILES string of the molecule is CC(C)N(CCCO)C(=O)N1CCC(CCC(=O)O)CC1. The topological polar surface area (TPSA) is 81.1 Å². The highest BCUT2D eigenvalue weighted by Crippen LogP contribution is 2.23. The van der Waals surface area contributed by atoms with E-state index in [0.717, 1.165) is 12.8 Å². The van der Waals surface area contributed by atoms with Crippen LogP contribution in [0.25, 0.3) is 0 Å². The highest BCUT2D eigenvalue weighted by atomic mass is 16.4. The van der Waals surface area contributed by atoms with Gasteiger partial charge in [0.15, 0.2) is 0 Å². The molecule has 1 heterocycles. The lowest BCUT2D eigenvalue weighted by atomic mass is 9.92. The van der Waals surface area contributed by atoms with Crippen LogP contribution in [-0.4, -0.2) is 64.3 Å². The van der Waals surface area contributed by atoms with Crippen LogP contribution in [-0.2, 0) is 4.79 Å². The molecule has 6 nitrogen and oxygen atoms in total. The fourth-order valence-electron chi connectivity index (χ4n) is 2.74. The van der Waals surface area contributed by atoms with Gasteiger partial charge in [0.1, 0.15) is 0 Å². The van der Waals surface area contributed by atoms with E-state index < -0.39 is 5.97 Å². The van der Waals surface area contributed by atoms with Crippen molar-refractivity contribution < 1.29 is 19.8 Å². The lowest BCUT2D eigenvalue weighted by molar-refractivity contribution is -0.137. The van der Waals surface area contributed by atoms with Crippen molar-refractivity contribution in [2.45, 2.75) is 52.0 Å². The van der Waals surface area contributed by atoms with Gasteiger partial charge in [-0.25, -0.2) is 4.79 Å². The summed E-state index contributed by atoms with van der Waals surface area (Å²) in [6.07, 6.45) is 3.28. The number of carbonyl (C=O) groups excluding carboxylic acids is 1. The molecule has 0 saturated carbocycles. The van der Waals surface area contributed by atoms with Crippen molar-refractivity contribution in [3.05, 3.63) is 0 Å². The Labute approximate surface area is 126 Å². The van der Waals surface area contributed by atoms with Crippen molar-refractivity contribution in [3.8, 4) is 0 Å². The standard InChI is InChI=1S/C15H28N2O4/c1-12(2)17(8-3-11-18)15(21)16-9-6-13(7-10-16)4-5-14(19)20/h12-13,18H,3-11H2,1-2H3,(H,19,20). The lowest BCUT2D eigenvalue weighted by Gasteiger charge is -2.37. The van der Waals surface area contributed by atoms with Gasteiger partial charge in [-0.15, -0.1) is 0 Å². The smallest absolute Gasteiger partial charge is 0.320 e. The molecular formula is C15H28N2O4. The first kappa shape index (κ1) is 17.8. The summed E-state index contributed by atoms with van der Waals surface area (Å²) in [4.78, 5) is 26.7. The molecule has 0 aromatic rings. The molecule has 0 aromatic carbocycles. The molecule has 0 unspecified atom stereocenters. The van der Waals surface area contributed by atoms with Crippen LogP contribution in [0.1, 0.15) is 46.0 Å². The van der Waals surface area contributed by atoms with Crippen molar-refractivity contribution in [2.24, 2.45) is 5.92 Å². The third-order valence-electron chi connectivity index (χ3n) is 4.08. The molecule has 1 rings (SSSR count). The number of hydrogen-bond acceptors (Lipinski definition) is 3. The third kappa shape index (κ3) is 5.91. The molecule has 1 fully saturated rings. The number of aliphatic hydroxyl groups is 1. The molecule has 0 atom stereocenters. The Morgan fingerprint density at radius 3 is 2.38 bits per heavy atom. The van der Waals surface area contributed by atoms with Crippen LogP contribution >= 0.6 is 0 Å². The zero-order chi connectivity index (χ0) is 15.8. The molecular weight excluding hydrogens is 272 g/mol. The van der Waals surface area contributed by atoms with Gasteiger partial charge in [-0.3, -0.25) is 4.79 Å². The first-order chi connectivity index (χ1) is 9.95. The van der Waals surface area contributed by atoms with E-state index in [9.17, 15) is 9.59 Å². The monoisotopic (exact) mass is 300 g/mol. The Kier molecular flexibility index (Phi) is 7.50. The van der Waals surface area contributed by atoms with Gasteiger partial charge in [0.25, 0.3) is 0 Å². The van der Waals surface area contributed by atoms with Crippen LogP contribution in [0, 0.1) is 5.92 Å². The Balaban J connectivity index is 2.44. The number of carboxylic acids is 1. The number of hydrogen-bond donors (Lipinski definition) is 2. The Morgan fingerprint density at radius 1 is 1.29 bits per heavy atom. The number of urea groups is 1. The minimum absolute atomic E-state index is 0.0372. The van der Waals surface area contributed by atoms with E-state index in [1.54, 1.807) is 4.90 Å². The van der Waals surface area contributed by atoms with E-state index in [-0.39, 0.29) is 25.1 Å². The summed E-state index contributed by atoms with van der Waals surface area (Å²) < 4.78 is 0. The summed E-state index contributed by atoms with van der Waals surface area (Å²) >= 11 is 0. The fraction of sp³-hybridized carbons (Fsp3) is 0.867. The molecule has 6 heteroatoms. The van der Waals surface area contributed by atoms with Crippen molar-refractivity contribution in [1.82, 2.24) is 9.80 Å². The predicted molar refractivity (Wildman–Crippen MR) is 80.1 cm³/mol. The molecule has 0 spiro atoms. The van der Waals surface area contributed by atoms with Crippen LogP contribution < -0.4 is 0 Å². The first-order valence-corrected chi connectivity index (χ1v) is 7.84. The summed E-state index contributed by atoms with van der Waals surface area (Å²) in [7, 11) is 0. The molecule has 122 valence electrons. The van der Waals surface area contributed by atoms with E-state index in [1.807, 2.05) is 18.7 Å². The summed E-state index contributed by atoms with van der Waals surface area (Å²) in [5, 5.41) is 17.6. The highest BCUT2D eigenvalue weighted by Gasteiger charge is 2.27. The number of carboxylic acid groups (broad SMARTS) is 1. The fourth-order valence-corrected chi connectivity index (χ4v) is 2.74. The normalized spacial score (nSPS) is 16.3. The van der Waals surface area contributed by atoms with Gasteiger partial charge < -0.3 is 20.0 Å². The van der Waals surface area contributed by atoms with E-state index in [4.69, 9.17) is 10.2 Å². The van der Waals surface area contributed by atoms with Gasteiger partial charge in [0, 0.05) is 38.7 Å². The first-order valence-electron chi connectivity index (χ1n) is 7.84. The van der Waals surface area contributed by atoms with Crippen LogP contribution in [0.2, 0.25) is 0 Å². The maximum Gasteiger partial charge on any atom is 0.320 e. The summed E-state index contributed by atoms with van der Waals surface area (Å²) in [5.41, 5.74) is 0. The minimum Gasteiger partial charge on any atom is -0.481 e. The molecule has 0 aromatic heterocycles. The van der Waals surface area contributed by atoms with E-state index in [2.05, 4.69) is 0 Å². The van der Waals surface area contributed by atoms with Gasteiger partial charge >= 0.3 is 12.0 Å². The van der Waals surface area contributed by atoms with Crippen molar-refractivity contribution in [2.75, 3.05) is 26.2 Å². The second kappa shape index (κ2) is 8.87. The molecule has 0 aliphatic carbocycles. The molecule has 21 heavy (non-hydrogen) atoms. The van der Waals surface area contributed by atoms with E-state index in [0.29, 0.717) is 38.4 Å². The van der Waals surface area contributed by atoms with Gasteiger partial charge in [-0.05, 0) is 45.4 Å². The van der Waals surface area contributed by atoms with Crippen LogP contribution in [0.4, 0.5) is 4.79 Å². The van der Waals surface area contributed by atoms with Crippen molar-refractivity contribution >= 4 is 12.0 Å². The number of aliphatic hydroxyl groups excluding tert-OH is 1. The van der Waals surface area contributed by atoms with Crippen molar-refractivity contribution in [1.29, 1.82) is 0 Å². The summed E-state index contributed by atoms with van der Waals surface area (Å²) in [6.45, 7) is 6.03. The van der Waals surface area contributed by atoms with Crippen LogP contribution in [0.15, 0.2) is 0 Å². The summed E-state index contributed by atoms with van der Waals surface area (Å²) in [6, 6.07) is 0.156. The largest absolute Gasteiger partial charge is 0.481 e. The molecule has 2 amide bonds. The average Bonchev–Trinajstić information content (AvgIpc) is 2.45. The Morgan fingerprint density at radius 2 is 1.90 bits per heavy atom. The van der Waals surface area contributed by atoms with Gasteiger partial charge in [0.05, 0.1) is 0 Å². The van der Waals surface area contributed by atoms with Gasteiger partial charge in [-0.1, -0.05) is 0 Å². The van der Waals surface area contributed by atoms with Gasteiger partial charge in [0.2, 0.25) is 0 Å². The minimum atomic E-state index is -0.747. The average molecular weight is 300 g/mol. The Bertz CT molecular complexity index is 339. The number of likely N-dealkylation sites (tertiary alicyclic amines) is 1. The number of piperidine rings is 1. The van der Waals surface area contributed by atoms with Gasteiger partial charge in [-0.2, -0.15) is 0 Å². The zero-order valence-corrected chi connectivity index (χ0v) is 13.1. The highest BCUT2D eigenvalue weighted by molar-refractivity contribution is 5.74. The molecule has 1 aliphatic rings. The van der Waals surface area contributed by atoms with Crippen molar-refractivity contribution in [3.63, 3.8) is 0 Å². The van der Waals surface area contributed by atoms with Crippen LogP contribution in [0.3, 0.4) is 0 Å². The molecule has 0 bridgehead atoms. The number of nitrogens with zero attached hydrogens (tertiary/aromatic N) is 2. The van der Waals surface area contributed by atoms with E-state index in [1.165, 1.54) is 0 Å². The van der Waals surface area contributed by atoms with Crippen LogP contribution in [0.5, 0.6) is 0 Å².